The Balaban J connectivity index is 1.82. The van der Waals surface area contributed by atoms with Crippen LogP contribution in [0.15, 0.2) is 78.9 Å². The molecule has 1 heterocycles. The number of hydrogen-bond acceptors (Lipinski definition) is 5. The molecule has 0 saturated heterocycles. The highest BCUT2D eigenvalue weighted by molar-refractivity contribution is 5.62. The zero-order valence-corrected chi connectivity index (χ0v) is 14.4. The SMILES string of the molecule is O=[N+]([O-])c1ccccc1CN1c2ccccc2O[C@H](O)[C@H]1c1ccccc1. The second-order valence-corrected chi connectivity index (χ2v) is 6.35. The molecule has 0 unspecified atom stereocenters. The van der Waals surface area contributed by atoms with Crippen molar-refractivity contribution in [1.29, 1.82) is 0 Å². The third-order valence-corrected chi connectivity index (χ3v) is 4.70. The van der Waals surface area contributed by atoms with E-state index in [1.807, 2.05) is 53.4 Å². The summed E-state index contributed by atoms with van der Waals surface area (Å²) in [5.74, 6) is 0.552. The van der Waals surface area contributed by atoms with Gasteiger partial charge in [0, 0.05) is 11.6 Å². The van der Waals surface area contributed by atoms with Gasteiger partial charge in [-0.05, 0) is 17.7 Å². The zero-order valence-electron chi connectivity index (χ0n) is 14.4. The van der Waals surface area contributed by atoms with Crippen LogP contribution in [0.3, 0.4) is 0 Å². The van der Waals surface area contributed by atoms with Gasteiger partial charge in [0.05, 0.1) is 17.2 Å². The molecule has 1 aliphatic heterocycles. The molecule has 0 bridgehead atoms. The van der Waals surface area contributed by atoms with Crippen LogP contribution in [-0.2, 0) is 6.54 Å². The van der Waals surface area contributed by atoms with E-state index < -0.39 is 12.3 Å². The van der Waals surface area contributed by atoms with Crippen molar-refractivity contribution in [2.75, 3.05) is 4.90 Å². The second-order valence-electron chi connectivity index (χ2n) is 6.35. The number of aliphatic hydroxyl groups is 1. The molecule has 0 aliphatic carbocycles. The molecule has 4 rings (SSSR count). The van der Waals surface area contributed by atoms with E-state index in [2.05, 4.69) is 0 Å². The Kier molecular flexibility index (Phi) is 4.48. The summed E-state index contributed by atoms with van der Waals surface area (Å²) in [6, 6.07) is 23.1. The Labute approximate surface area is 156 Å². The molecule has 0 radical (unpaired) electrons. The van der Waals surface area contributed by atoms with Gasteiger partial charge in [0.1, 0.15) is 11.8 Å². The van der Waals surface area contributed by atoms with Crippen LogP contribution >= 0.6 is 0 Å². The van der Waals surface area contributed by atoms with Gasteiger partial charge in [-0.2, -0.15) is 0 Å². The predicted octanol–water partition coefficient (Wildman–Crippen LogP) is 4.05. The first-order valence-electron chi connectivity index (χ1n) is 8.63. The molecular weight excluding hydrogens is 344 g/mol. The second kappa shape index (κ2) is 7.09. The first-order valence-corrected chi connectivity index (χ1v) is 8.63. The van der Waals surface area contributed by atoms with Crippen molar-refractivity contribution in [3.05, 3.63) is 100 Å². The summed E-state index contributed by atoms with van der Waals surface area (Å²) in [5, 5.41) is 22.1. The van der Waals surface area contributed by atoms with Crippen LogP contribution in [0.25, 0.3) is 0 Å². The summed E-state index contributed by atoms with van der Waals surface area (Å²) < 4.78 is 5.72. The van der Waals surface area contributed by atoms with Crippen molar-refractivity contribution in [1.82, 2.24) is 0 Å². The summed E-state index contributed by atoms with van der Waals surface area (Å²) in [4.78, 5) is 13.0. The molecule has 3 aromatic carbocycles. The standard InChI is InChI=1S/C21H18N2O4/c24-21-20(15-8-2-1-3-9-15)22(18-12-6-7-13-19(18)27-21)14-16-10-4-5-11-17(16)23(25)26/h1-13,20-21,24H,14H2/t20-,21+/m1/s1. The maximum atomic E-state index is 11.4. The number of benzene rings is 3. The average Bonchev–Trinajstić information content (AvgIpc) is 2.69. The average molecular weight is 362 g/mol. The first-order chi connectivity index (χ1) is 13.1. The lowest BCUT2D eigenvalue weighted by Gasteiger charge is -2.41. The van der Waals surface area contributed by atoms with Crippen LogP contribution in [0.5, 0.6) is 5.75 Å². The lowest BCUT2D eigenvalue weighted by atomic mass is 10.0. The van der Waals surface area contributed by atoms with Gasteiger partial charge in [-0.15, -0.1) is 0 Å². The molecule has 0 spiro atoms. The van der Waals surface area contributed by atoms with E-state index in [9.17, 15) is 15.2 Å². The van der Waals surface area contributed by atoms with Crippen LogP contribution in [-0.4, -0.2) is 16.3 Å². The minimum absolute atomic E-state index is 0.0581. The summed E-state index contributed by atoms with van der Waals surface area (Å²) in [5.41, 5.74) is 2.29. The molecule has 136 valence electrons. The summed E-state index contributed by atoms with van der Waals surface area (Å²) in [6.07, 6.45) is -1.09. The highest BCUT2D eigenvalue weighted by Crippen LogP contribution is 2.43. The largest absolute Gasteiger partial charge is 0.460 e. The fourth-order valence-electron chi connectivity index (χ4n) is 3.48. The molecule has 0 saturated carbocycles. The Hall–Kier alpha value is -3.38. The Bertz CT molecular complexity index is 961. The van der Waals surface area contributed by atoms with Gasteiger partial charge in [-0.25, -0.2) is 0 Å². The number of hydrogen-bond donors (Lipinski definition) is 1. The third kappa shape index (κ3) is 3.22. The number of fused-ring (bicyclic) bond motifs is 1. The van der Waals surface area contributed by atoms with Crippen LogP contribution in [0.4, 0.5) is 11.4 Å². The molecule has 6 heteroatoms. The van der Waals surface area contributed by atoms with Gasteiger partial charge in [0.2, 0.25) is 6.29 Å². The lowest BCUT2D eigenvalue weighted by molar-refractivity contribution is -0.385. The highest BCUT2D eigenvalue weighted by Gasteiger charge is 2.36. The fourth-order valence-corrected chi connectivity index (χ4v) is 3.48. The van der Waals surface area contributed by atoms with Crippen LogP contribution in [0, 0.1) is 10.1 Å². The molecule has 0 amide bonds. The van der Waals surface area contributed by atoms with Crippen molar-refractivity contribution in [2.45, 2.75) is 18.9 Å². The van der Waals surface area contributed by atoms with E-state index in [1.54, 1.807) is 24.3 Å². The zero-order chi connectivity index (χ0) is 18.8. The molecule has 1 aliphatic rings. The first kappa shape index (κ1) is 17.1. The maximum absolute atomic E-state index is 11.4. The molecule has 3 aromatic rings. The van der Waals surface area contributed by atoms with Crippen molar-refractivity contribution in [3.8, 4) is 5.75 Å². The van der Waals surface area contributed by atoms with Crippen molar-refractivity contribution >= 4 is 11.4 Å². The van der Waals surface area contributed by atoms with Gasteiger partial charge in [-0.1, -0.05) is 60.7 Å². The summed E-state index contributed by atoms with van der Waals surface area (Å²) >= 11 is 0. The monoisotopic (exact) mass is 362 g/mol. The van der Waals surface area contributed by atoms with Crippen LogP contribution in [0.1, 0.15) is 17.2 Å². The quantitative estimate of drug-likeness (QED) is 0.560. The van der Waals surface area contributed by atoms with Gasteiger partial charge >= 0.3 is 0 Å². The van der Waals surface area contributed by atoms with Crippen molar-refractivity contribution in [2.24, 2.45) is 0 Å². The Morgan fingerprint density at radius 3 is 2.41 bits per heavy atom. The van der Waals surface area contributed by atoms with E-state index >= 15 is 0 Å². The van der Waals surface area contributed by atoms with Crippen LogP contribution < -0.4 is 9.64 Å². The molecule has 6 nitrogen and oxygen atoms in total. The minimum atomic E-state index is -1.09. The van der Waals surface area contributed by atoms with E-state index in [0.29, 0.717) is 11.3 Å². The lowest BCUT2D eigenvalue weighted by Crippen LogP contribution is -2.43. The van der Waals surface area contributed by atoms with Crippen LogP contribution in [0.2, 0.25) is 0 Å². The summed E-state index contributed by atoms with van der Waals surface area (Å²) in [7, 11) is 0. The van der Waals surface area contributed by atoms with Crippen molar-refractivity contribution in [3.63, 3.8) is 0 Å². The predicted molar refractivity (Wildman–Crippen MR) is 102 cm³/mol. The van der Waals surface area contributed by atoms with E-state index in [4.69, 9.17) is 4.74 Å². The number of anilines is 1. The van der Waals surface area contributed by atoms with Gasteiger partial charge in [-0.3, -0.25) is 10.1 Å². The topological polar surface area (TPSA) is 75.8 Å². The van der Waals surface area contributed by atoms with E-state index in [1.165, 1.54) is 6.07 Å². The molecule has 0 aromatic heterocycles. The third-order valence-electron chi connectivity index (χ3n) is 4.70. The number of nitro groups is 1. The number of ether oxygens (including phenoxy) is 1. The number of rotatable bonds is 4. The summed E-state index contributed by atoms with van der Waals surface area (Å²) in [6.45, 7) is 0.272. The van der Waals surface area contributed by atoms with E-state index in [-0.39, 0.29) is 17.2 Å². The number of nitrogens with zero attached hydrogens (tertiary/aromatic N) is 2. The normalized spacial score (nSPS) is 18.5. The van der Waals surface area contributed by atoms with Gasteiger partial charge in [0.15, 0.2) is 0 Å². The van der Waals surface area contributed by atoms with E-state index in [0.717, 1.165) is 11.3 Å². The molecular formula is C21H18N2O4. The number of nitro benzene ring substituents is 1. The Morgan fingerprint density at radius 1 is 0.963 bits per heavy atom. The molecule has 1 N–H and O–H groups in total. The maximum Gasteiger partial charge on any atom is 0.274 e. The number of para-hydroxylation sites is 3. The molecule has 27 heavy (non-hydrogen) atoms. The molecule has 2 atom stereocenters. The van der Waals surface area contributed by atoms with Gasteiger partial charge < -0.3 is 14.7 Å². The minimum Gasteiger partial charge on any atom is -0.460 e. The smallest absolute Gasteiger partial charge is 0.274 e. The van der Waals surface area contributed by atoms with Crippen molar-refractivity contribution < 1.29 is 14.8 Å². The Morgan fingerprint density at radius 2 is 1.63 bits per heavy atom. The molecule has 0 fully saturated rings. The number of aliphatic hydroxyl groups excluding tert-OH is 1. The van der Waals surface area contributed by atoms with Gasteiger partial charge in [0.25, 0.3) is 5.69 Å². The highest BCUT2D eigenvalue weighted by atomic mass is 16.6. The fraction of sp³-hybridized carbons (Fsp3) is 0.143.